The predicted molar refractivity (Wildman–Crippen MR) is 87.8 cm³/mol. The van der Waals surface area contributed by atoms with Crippen molar-refractivity contribution in [3.8, 4) is 0 Å². The van der Waals surface area contributed by atoms with Crippen LogP contribution in [-0.2, 0) is 18.3 Å². The highest BCUT2D eigenvalue weighted by atomic mass is 32.1. The van der Waals surface area contributed by atoms with Gasteiger partial charge < -0.3 is 9.30 Å². The predicted octanol–water partition coefficient (Wildman–Crippen LogP) is 0.926. The number of morpholine rings is 1. The lowest BCUT2D eigenvalue weighted by Crippen LogP contribution is -2.35. The fraction of sp³-hybridized carbons (Fsp3) is 0.400. The second kappa shape index (κ2) is 7.03. The first kappa shape index (κ1) is 15.9. The minimum atomic E-state index is -0.324. The van der Waals surface area contributed by atoms with Crippen LogP contribution in [0, 0.1) is 0 Å². The molecule has 3 rings (SSSR count). The van der Waals surface area contributed by atoms with Gasteiger partial charge in [-0.15, -0.1) is 11.3 Å². The van der Waals surface area contributed by atoms with Crippen molar-refractivity contribution in [2.24, 2.45) is 7.05 Å². The van der Waals surface area contributed by atoms with Crippen molar-refractivity contribution in [1.82, 2.24) is 14.5 Å². The molecule has 2 aromatic rings. The first-order valence-corrected chi connectivity index (χ1v) is 8.22. The molecule has 8 heteroatoms. The van der Waals surface area contributed by atoms with Crippen molar-refractivity contribution >= 4 is 22.4 Å². The Morgan fingerprint density at radius 1 is 1.43 bits per heavy atom. The van der Waals surface area contributed by atoms with Crippen molar-refractivity contribution in [2.45, 2.75) is 6.54 Å². The first-order chi connectivity index (χ1) is 11.1. The molecule has 7 nitrogen and oxygen atoms in total. The van der Waals surface area contributed by atoms with Gasteiger partial charge in [0, 0.05) is 49.9 Å². The molecule has 0 radical (unpaired) electrons. The van der Waals surface area contributed by atoms with Gasteiger partial charge in [-0.05, 0) is 6.07 Å². The number of aromatic nitrogens is 2. The number of ether oxygens (including phenoxy) is 1. The number of thiazole rings is 1. The second-order valence-corrected chi connectivity index (χ2v) is 6.21. The normalized spacial score (nSPS) is 15.5. The number of carbonyl (C=O) groups excluding carboxylic acids is 1. The third-order valence-electron chi connectivity index (χ3n) is 3.63. The molecule has 0 aliphatic carbocycles. The number of hydrogen-bond acceptors (Lipinski definition) is 6. The van der Waals surface area contributed by atoms with E-state index in [1.165, 1.54) is 22.0 Å². The van der Waals surface area contributed by atoms with Crippen LogP contribution in [-0.4, -0.2) is 46.7 Å². The number of carbonyl (C=O) groups is 1. The van der Waals surface area contributed by atoms with E-state index in [1.54, 1.807) is 19.3 Å². The Morgan fingerprint density at radius 3 is 2.96 bits per heavy atom. The first-order valence-electron chi connectivity index (χ1n) is 7.34. The summed E-state index contributed by atoms with van der Waals surface area (Å²) >= 11 is 1.38. The lowest BCUT2D eigenvalue weighted by Gasteiger charge is -2.25. The average Bonchev–Trinajstić information content (AvgIpc) is 2.98. The molecular formula is C15H18N4O3S. The molecule has 0 aromatic carbocycles. The standard InChI is InChI=1S/C15H18N4O3S/c1-18-3-2-11(8-13(18)20)14(21)17-15-16-12(10-23-15)9-19-4-6-22-7-5-19/h2-3,8,10H,4-7,9H2,1H3,(H,16,17,21). The fourth-order valence-electron chi connectivity index (χ4n) is 2.28. The van der Waals surface area contributed by atoms with Crippen LogP contribution < -0.4 is 10.9 Å². The van der Waals surface area contributed by atoms with Crippen LogP contribution in [0.3, 0.4) is 0 Å². The topological polar surface area (TPSA) is 76.5 Å². The lowest BCUT2D eigenvalue weighted by atomic mass is 10.2. The summed E-state index contributed by atoms with van der Waals surface area (Å²) in [5.74, 6) is -0.324. The van der Waals surface area contributed by atoms with Gasteiger partial charge >= 0.3 is 0 Å². The number of aryl methyl sites for hydroxylation is 1. The van der Waals surface area contributed by atoms with Crippen LogP contribution in [0.4, 0.5) is 5.13 Å². The summed E-state index contributed by atoms with van der Waals surface area (Å²) in [5, 5.41) is 5.22. The van der Waals surface area contributed by atoms with Crippen LogP contribution in [0.25, 0.3) is 0 Å². The van der Waals surface area contributed by atoms with E-state index in [4.69, 9.17) is 4.74 Å². The summed E-state index contributed by atoms with van der Waals surface area (Å²) in [6.45, 7) is 4.04. The molecule has 0 bridgehead atoms. The van der Waals surface area contributed by atoms with E-state index in [1.807, 2.05) is 5.38 Å². The van der Waals surface area contributed by atoms with E-state index < -0.39 is 0 Å². The number of pyridine rings is 1. The van der Waals surface area contributed by atoms with Gasteiger partial charge in [0.1, 0.15) is 0 Å². The maximum Gasteiger partial charge on any atom is 0.257 e. The molecule has 0 spiro atoms. The number of nitrogens with one attached hydrogen (secondary N) is 1. The molecule has 1 N–H and O–H groups in total. The second-order valence-electron chi connectivity index (χ2n) is 5.35. The molecule has 1 aliphatic rings. The SMILES string of the molecule is Cn1ccc(C(=O)Nc2nc(CN3CCOCC3)cs2)cc1=O. The monoisotopic (exact) mass is 334 g/mol. The number of amides is 1. The molecule has 0 saturated carbocycles. The van der Waals surface area contributed by atoms with Gasteiger partial charge in [0.2, 0.25) is 0 Å². The minimum Gasteiger partial charge on any atom is -0.379 e. The van der Waals surface area contributed by atoms with Crippen LogP contribution in [0.1, 0.15) is 16.1 Å². The number of nitrogens with zero attached hydrogens (tertiary/aromatic N) is 3. The van der Waals surface area contributed by atoms with Crippen LogP contribution >= 0.6 is 11.3 Å². The Morgan fingerprint density at radius 2 is 2.22 bits per heavy atom. The summed E-state index contributed by atoms with van der Waals surface area (Å²) in [6, 6.07) is 2.93. The Bertz CT molecular complexity index is 749. The molecule has 122 valence electrons. The molecule has 1 saturated heterocycles. The summed E-state index contributed by atoms with van der Waals surface area (Å²) in [4.78, 5) is 30.4. The highest BCUT2D eigenvalue weighted by molar-refractivity contribution is 7.13. The van der Waals surface area contributed by atoms with Gasteiger partial charge in [0.25, 0.3) is 11.5 Å². The molecular weight excluding hydrogens is 316 g/mol. The Kier molecular flexibility index (Phi) is 4.85. The summed E-state index contributed by atoms with van der Waals surface area (Å²) in [7, 11) is 1.64. The van der Waals surface area contributed by atoms with E-state index in [2.05, 4.69) is 15.2 Å². The zero-order chi connectivity index (χ0) is 16.2. The quantitative estimate of drug-likeness (QED) is 0.900. The maximum absolute atomic E-state index is 12.2. The van der Waals surface area contributed by atoms with Gasteiger partial charge in [-0.2, -0.15) is 0 Å². The van der Waals surface area contributed by atoms with Gasteiger partial charge in [-0.25, -0.2) is 4.98 Å². The van der Waals surface area contributed by atoms with Crippen molar-refractivity contribution in [3.63, 3.8) is 0 Å². The Labute approximate surface area is 137 Å². The van der Waals surface area contributed by atoms with Gasteiger partial charge in [-0.3, -0.25) is 19.8 Å². The zero-order valence-electron chi connectivity index (χ0n) is 12.8. The highest BCUT2D eigenvalue weighted by Crippen LogP contribution is 2.18. The van der Waals surface area contributed by atoms with Crippen molar-refractivity contribution < 1.29 is 9.53 Å². The van der Waals surface area contributed by atoms with Gasteiger partial charge in [0.05, 0.1) is 18.9 Å². The molecule has 0 unspecified atom stereocenters. The molecule has 1 fully saturated rings. The largest absolute Gasteiger partial charge is 0.379 e. The smallest absolute Gasteiger partial charge is 0.257 e. The summed E-state index contributed by atoms with van der Waals surface area (Å²) in [6.07, 6.45) is 1.57. The Balaban J connectivity index is 1.62. The van der Waals surface area contributed by atoms with Crippen LogP contribution in [0.2, 0.25) is 0 Å². The third-order valence-corrected chi connectivity index (χ3v) is 4.43. The summed E-state index contributed by atoms with van der Waals surface area (Å²) in [5.41, 5.74) is 1.04. The van der Waals surface area contributed by atoms with Crippen molar-refractivity contribution in [1.29, 1.82) is 0 Å². The van der Waals surface area contributed by atoms with E-state index in [0.29, 0.717) is 10.7 Å². The molecule has 1 amide bonds. The number of hydrogen-bond donors (Lipinski definition) is 1. The third kappa shape index (κ3) is 4.04. The van der Waals surface area contributed by atoms with E-state index >= 15 is 0 Å². The molecule has 2 aromatic heterocycles. The van der Waals surface area contributed by atoms with Gasteiger partial charge in [0.15, 0.2) is 5.13 Å². The number of anilines is 1. The molecule has 3 heterocycles. The van der Waals surface area contributed by atoms with Crippen molar-refractivity contribution in [3.05, 3.63) is 45.3 Å². The molecule has 23 heavy (non-hydrogen) atoms. The average molecular weight is 334 g/mol. The number of rotatable bonds is 4. The van der Waals surface area contributed by atoms with Crippen molar-refractivity contribution in [2.75, 3.05) is 31.6 Å². The highest BCUT2D eigenvalue weighted by Gasteiger charge is 2.14. The van der Waals surface area contributed by atoms with E-state index in [0.717, 1.165) is 38.5 Å². The van der Waals surface area contributed by atoms with Crippen LogP contribution in [0.5, 0.6) is 0 Å². The maximum atomic E-state index is 12.2. The van der Waals surface area contributed by atoms with Crippen LogP contribution in [0.15, 0.2) is 28.5 Å². The Hall–Kier alpha value is -2.03. The summed E-state index contributed by atoms with van der Waals surface area (Å²) < 4.78 is 6.74. The van der Waals surface area contributed by atoms with E-state index in [9.17, 15) is 9.59 Å². The minimum absolute atomic E-state index is 0.218. The zero-order valence-corrected chi connectivity index (χ0v) is 13.6. The van der Waals surface area contributed by atoms with E-state index in [-0.39, 0.29) is 11.5 Å². The molecule has 0 atom stereocenters. The molecule has 1 aliphatic heterocycles. The lowest BCUT2D eigenvalue weighted by molar-refractivity contribution is 0.0337. The van der Waals surface area contributed by atoms with Gasteiger partial charge in [-0.1, -0.05) is 0 Å². The fourth-order valence-corrected chi connectivity index (χ4v) is 2.98.